The Balaban J connectivity index is 2.10. The molecule has 1 fully saturated rings. The highest BCUT2D eigenvalue weighted by Gasteiger charge is 2.29. The highest BCUT2D eigenvalue weighted by molar-refractivity contribution is 8.00. The van der Waals surface area contributed by atoms with Crippen LogP contribution >= 0.6 is 11.8 Å². The minimum Gasteiger partial charge on any atom is -0.370 e. The molecule has 19 heavy (non-hydrogen) atoms. The molecule has 1 saturated heterocycles. The number of carbonyl (C=O) groups is 1. The smallest absolute Gasteiger partial charge is 0.255 e. The summed E-state index contributed by atoms with van der Waals surface area (Å²) in [6.07, 6.45) is 1.67. The van der Waals surface area contributed by atoms with Gasteiger partial charge in [0.15, 0.2) is 0 Å². The third kappa shape index (κ3) is 3.21. The van der Waals surface area contributed by atoms with Crippen LogP contribution < -0.4 is 5.32 Å². The number of nitrogens with zero attached hydrogens (tertiary/aromatic N) is 2. The standard InChI is InChI=1S/C14H21N3OS/c1-4-15-13-6-5-12(9-16-13)14(18)17-7-8-19-11(3)10(17)2/h5-6,9-11H,4,7-8H2,1-3H3,(H,15,16). The van der Waals surface area contributed by atoms with Crippen LogP contribution in [0.25, 0.3) is 0 Å². The molecule has 104 valence electrons. The summed E-state index contributed by atoms with van der Waals surface area (Å²) in [5.41, 5.74) is 0.674. The second-order valence-electron chi connectivity index (χ2n) is 4.78. The molecular weight excluding hydrogens is 258 g/mol. The predicted molar refractivity (Wildman–Crippen MR) is 80.8 cm³/mol. The van der Waals surface area contributed by atoms with Crippen LogP contribution in [0.1, 0.15) is 31.1 Å². The van der Waals surface area contributed by atoms with Gasteiger partial charge in [0.1, 0.15) is 5.82 Å². The predicted octanol–water partition coefficient (Wildman–Crippen LogP) is 2.48. The number of thioether (sulfide) groups is 1. The largest absolute Gasteiger partial charge is 0.370 e. The van der Waals surface area contributed by atoms with Crippen molar-refractivity contribution in [2.75, 3.05) is 24.2 Å². The van der Waals surface area contributed by atoms with E-state index < -0.39 is 0 Å². The van der Waals surface area contributed by atoms with Crippen molar-refractivity contribution in [1.29, 1.82) is 0 Å². The van der Waals surface area contributed by atoms with Gasteiger partial charge in [0.05, 0.1) is 5.56 Å². The molecule has 1 aliphatic heterocycles. The summed E-state index contributed by atoms with van der Waals surface area (Å²) < 4.78 is 0. The highest BCUT2D eigenvalue weighted by atomic mass is 32.2. The molecule has 0 spiro atoms. The number of amides is 1. The Bertz CT molecular complexity index is 435. The molecule has 1 aliphatic rings. The monoisotopic (exact) mass is 279 g/mol. The fourth-order valence-electron chi connectivity index (χ4n) is 2.19. The maximum atomic E-state index is 12.5. The summed E-state index contributed by atoms with van der Waals surface area (Å²) in [5.74, 6) is 1.92. The van der Waals surface area contributed by atoms with Gasteiger partial charge in [-0.25, -0.2) is 4.98 Å². The van der Waals surface area contributed by atoms with E-state index in [1.807, 2.05) is 35.7 Å². The van der Waals surface area contributed by atoms with Crippen molar-refractivity contribution < 1.29 is 4.79 Å². The first-order chi connectivity index (χ1) is 9.13. The van der Waals surface area contributed by atoms with Gasteiger partial charge in [-0.05, 0) is 26.0 Å². The van der Waals surface area contributed by atoms with Crippen molar-refractivity contribution in [2.24, 2.45) is 0 Å². The van der Waals surface area contributed by atoms with Gasteiger partial charge in [-0.15, -0.1) is 0 Å². The fraction of sp³-hybridized carbons (Fsp3) is 0.571. The lowest BCUT2D eigenvalue weighted by Gasteiger charge is -2.37. The third-order valence-electron chi connectivity index (χ3n) is 3.51. The number of hydrogen-bond acceptors (Lipinski definition) is 4. The van der Waals surface area contributed by atoms with Crippen molar-refractivity contribution in [3.8, 4) is 0 Å². The van der Waals surface area contributed by atoms with Gasteiger partial charge in [-0.1, -0.05) is 6.92 Å². The Kier molecular flexibility index (Phi) is 4.69. The molecule has 2 unspecified atom stereocenters. The van der Waals surface area contributed by atoms with Crippen molar-refractivity contribution in [3.63, 3.8) is 0 Å². The van der Waals surface area contributed by atoms with Crippen LogP contribution in [-0.2, 0) is 0 Å². The van der Waals surface area contributed by atoms with Crippen molar-refractivity contribution in [3.05, 3.63) is 23.9 Å². The zero-order valence-electron chi connectivity index (χ0n) is 11.7. The molecule has 1 aromatic rings. The summed E-state index contributed by atoms with van der Waals surface area (Å²) in [6.45, 7) is 7.98. The summed E-state index contributed by atoms with van der Waals surface area (Å²) in [6, 6.07) is 4.00. The van der Waals surface area contributed by atoms with Gasteiger partial charge in [-0.2, -0.15) is 11.8 Å². The number of hydrogen-bond donors (Lipinski definition) is 1. The molecule has 0 aliphatic carbocycles. The zero-order chi connectivity index (χ0) is 13.8. The van der Waals surface area contributed by atoms with Crippen molar-refractivity contribution in [1.82, 2.24) is 9.88 Å². The van der Waals surface area contributed by atoms with E-state index in [1.54, 1.807) is 6.20 Å². The van der Waals surface area contributed by atoms with Crippen LogP contribution in [-0.4, -0.2) is 45.9 Å². The second kappa shape index (κ2) is 6.28. The number of nitrogens with one attached hydrogen (secondary N) is 1. The van der Waals surface area contributed by atoms with Crippen LogP contribution in [0, 0.1) is 0 Å². The fourth-order valence-corrected chi connectivity index (χ4v) is 3.29. The normalized spacial score (nSPS) is 23.2. The average molecular weight is 279 g/mol. The molecule has 2 heterocycles. The quantitative estimate of drug-likeness (QED) is 0.923. The summed E-state index contributed by atoms with van der Waals surface area (Å²) in [7, 11) is 0. The van der Waals surface area contributed by atoms with E-state index in [4.69, 9.17) is 0 Å². The first-order valence-electron chi connectivity index (χ1n) is 6.76. The first kappa shape index (κ1) is 14.2. The maximum absolute atomic E-state index is 12.5. The van der Waals surface area contributed by atoms with Crippen molar-refractivity contribution >= 4 is 23.5 Å². The lowest BCUT2D eigenvalue weighted by atomic mass is 10.1. The third-order valence-corrected chi connectivity index (χ3v) is 4.85. The first-order valence-corrected chi connectivity index (χ1v) is 7.81. The molecule has 5 heteroatoms. The molecular formula is C14H21N3OS. The lowest BCUT2D eigenvalue weighted by Crippen LogP contribution is -2.47. The number of pyridine rings is 1. The molecule has 1 amide bonds. The number of anilines is 1. The topological polar surface area (TPSA) is 45.2 Å². The Hall–Kier alpha value is -1.23. The molecule has 0 radical (unpaired) electrons. The van der Waals surface area contributed by atoms with Crippen molar-refractivity contribution in [2.45, 2.75) is 32.1 Å². The van der Waals surface area contributed by atoms with Crippen LogP contribution in [0.3, 0.4) is 0 Å². The van der Waals surface area contributed by atoms with E-state index in [0.717, 1.165) is 24.7 Å². The molecule has 4 nitrogen and oxygen atoms in total. The van der Waals surface area contributed by atoms with Gasteiger partial charge in [0.25, 0.3) is 5.91 Å². The van der Waals surface area contributed by atoms with Gasteiger partial charge in [0.2, 0.25) is 0 Å². The molecule has 0 aromatic carbocycles. The summed E-state index contributed by atoms with van der Waals surface area (Å²) >= 11 is 1.93. The van der Waals surface area contributed by atoms with Crippen LogP contribution in [0.4, 0.5) is 5.82 Å². The molecule has 0 saturated carbocycles. The average Bonchev–Trinajstić information content (AvgIpc) is 2.42. The van der Waals surface area contributed by atoms with E-state index in [1.165, 1.54) is 0 Å². The van der Waals surface area contributed by atoms with E-state index in [2.05, 4.69) is 24.1 Å². The molecule has 1 N–H and O–H groups in total. The zero-order valence-corrected chi connectivity index (χ0v) is 12.5. The maximum Gasteiger partial charge on any atom is 0.255 e. The van der Waals surface area contributed by atoms with Gasteiger partial charge in [0, 0.05) is 36.3 Å². The summed E-state index contributed by atoms with van der Waals surface area (Å²) in [5, 5.41) is 3.62. The Labute approximate surface area is 119 Å². The Morgan fingerprint density at radius 2 is 2.32 bits per heavy atom. The summed E-state index contributed by atoms with van der Waals surface area (Å²) in [4.78, 5) is 18.7. The van der Waals surface area contributed by atoms with E-state index in [0.29, 0.717) is 10.8 Å². The van der Waals surface area contributed by atoms with E-state index in [9.17, 15) is 4.79 Å². The van der Waals surface area contributed by atoms with Crippen LogP contribution in [0.2, 0.25) is 0 Å². The molecule has 0 bridgehead atoms. The second-order valence-corrected chi connectivity index (χ2v) is 6.26. The van der Waals surface area contributed by atoms with Crippen LogP contribution in [0.5, 0.6) is 0 Å². The number of carbonyl (C=O) groups excluding carboxylic acids is 1. The lowest BCUT2D eigenvalue weighted by molar-refractivity contribution is 0.0698. The number of aromatic nitrogens is 1. The van der Waals surface area contributed by atoms with Gasteiger partial charge < -0.3 is 10.2 Å². The molecule has 2 rings (SSSR count). The minimum absolute atomic E-state index is 0.0928. The van der Waals surface area contributed by atoms with E-state index >= 15 is 0 Å². The highest BCUT2D eigenvalue weighted by Crippen LogP contribution is 2.25. The molecule has 2 atom stereocenters. The minimum atomic E-state index is 0.0928. The van der Waals surface area contributed by atoms with Gasteiger partial charge >= 0.3 is 0 Å². The Morgan fingerprint density at radius 3 is 2.95 bits per heavy atom. The Morgan fingerprint density at radius 1 is 1.53 bits per heavy atom. The van der Waals surface area contributed by atoms with E-state index in [-0.39, 0.29) is 11.9 Å². The SMILES string of the molecule is CCNc1ccc(C(=O)N2CCSC(C)C2C)cn1. The molecule has 1 aromatic heterocycles. The van der Waals surface area contributed by atoms with Crippen LogP contribution in [0.15, 0.2) is 18.3 Å². The van der Waals surface area contributed by atoms with Gasteiger partial charge in [-0.3, -0.25) is 4.79 Å². The number of rotatable bonds is 3.